The van der Waals surface area contributed by atoms with E-state index in [2.05, 4.69) is 38.4 Å². The number of carboxylic acid groups (broad SMARTS) is 1. The number of fused-ring (bicyclic) bond motifs is 4. The molecule has 2 aliphatic carbocycles. The molecule has 18 nitrogen and oxygen atoms in total. The lowest BCUT2D eigenvalue weighted by Gasteiger charge is -2.27. The van der Waals surface area contributed by atoms with Crippen molar-refractivity contribution in [1.82, 2.24) is 26.7 Å². The van der Waals surface area contributed by atoms with Gasteiger partial charge in [-0.3, -0.25) is 29.0 Å². The number of carbonyl (C=O) groups is 7. The van der Waals surface area contributed by atoms with Gasteiger partial charge in [0.05, 0.1) is 30.4 Å². The highest BCUT2D eigenvalue weighted by Crippen LogP contribution is 2.44. The maximum atomic E-state index is 14.4. The van der Waals surface area contributed by atoms with Gasteiger partial charge in [0.25, 0.3) is 5.91 Å². The zero-order valence-corrected chi connectivity index (χ0v) is 34.2. The summed E-state index contributed by atoms with van der Waals surface area (Å²) in [7, 11) is 1.61. The largest absolute Gasteiger partial charge is 0.481 e. The van der Waals surface area contributed by atoms with E-state index in [0.29, 0.717) is 19.4 Å². The second kappa shape index (κ2) is 20.8. The van der Waals surface area contributed by atoms with Gasteiger partial charge >= 0.3 is 24.2 Å². The van der Waals surface area contributed by atoms with E-state index in [1.54, 1.807) is 25.2 Å². The molecule has 2 atom stereocenters. The number of aliphatic carboxylic acids is 1. The number of anilines is 2. The third-order valence-corrected chi connectivity index (χ3v) is 11.1. The molecular formula is C44H50N8O10. The van der Waals surface area contributed by atoms with Crippen molar-refractivity contribution in [2.24, 2.45) is 16.9 Å². The Morgan fingerprint density at radius 3 is 2.19 bits per heavy atom. The number of hydrazone groups is 1. The first-order valence-electron chi connectivity index (χ1n) is 20.3. The van der Waals surface area contributed by atoms with Gasteiger partial charge in [-0.2, -0.15) is 5.10 Å². The third-order valence-electron chi connectivity index (χ3n) is 11.1. The molecule has 3 aliphatic rings. The number of hydrogen-bond acceptors (Lipinski definition) is 10. The molecule has 0 unspecified atom stereocenters. The van der Waals surface area contributed by atoms with Crippen molar-refractivity contribution >= 4 is 59.5 Å². The van der Waals surface area contributed by atoms with E-state index in [0.717, 1.165) is 51.1 Å². The number of alkyl carbamates (subject to hydrolysis) is 1. The van der Waals surface area contributed by atoms with Crippen molar-refractivity contribution in [1.29, 1.82) is 0 Å². The van der Waals surface area contributed by atoms with Crippen LogP contribution in [-0.2, 0) is 28.7 Å². The van der Waals surface area contributed by atoms with Gasteiger partial charge in [0.2, 0.25) is 11.8 Å². The number of amides is 7. The highest BCUT2D eigenvalue weighted by molar-refractivity contribution is 6.09. The van der Waals surface area contributed by atoms with Crippen LogP contribution in [-0.4, -0.2) is 105 Å². The fourth-order valence-corrected chi connectivity index (χ4v) is 8.04. The minimum Gasteiger partial charge on any atom is -0.481 e. The van der Waals surface area contributed by atoms with E-state index in [1.807, 2.05) is 48.5 Å². The van der Waals surface area contributed by atoms with Crippen LogP contribution in [0.5, 0.6) is 0 Å². The fraction of sp³-hybridized carbons (Fsp3) is 0.364. The van der Waals surface area contributed by atoms with Crippen LogP contribution in [0.1, 0.15) is 49.1 Å². The predicted octanol–water partition coefficient (Wildman–Crippen LogP) is 3.87. The zero-order valence-electron chi connectivity index (χ0n) is 34.2. The third kappa shape index (κ3) is 10.9. The number of carbonyl (C=O) groups excluding carboxylic acids is 6. The first-order valence-corrected chi connectivity index (χ1v) is 20.3. The highest BCUT2D eigenvalue weighted by Gasteiger charge is 2.39. The summed E-state index contributed by atoms with van der Waals surface area (Å²) in [6.07, 6.45) is 2.98. The van der Waals surface area contributed by atoms with Crippen LogP contribution in [0.25, 0.3) is 11.1 Å². The standard InChI is InChI=1S/C44H50N8O10/c1-3-20-61-44(60)52-24-35(49-43(59)62-26-34-32-12-6-4-10-30(32)31-11-5-7-13-33(31)34)41(57)51(36-14-8-9-15-37(36)52)25-38(53)48-29(21-39(54)55)23-47-50-42(58)46-22-27-16-18-28(19-17-27)40(56)45-2/h3-15,23,27-29,34-35H,1,16-22,24-26H2,2H3,(H,45,56)(H,48,53)(H,49,59)(H,54,55)(H2,46,50,58)/b47-23+/t27?,28?,29-,35-/m0/s1. The molecule has 1 saturated carbocycles. The molecule has 18 heteroatoms. The van der Waals surface area contributed by atoms with Gasteiger partial charge in [0.15, 0.2) is 0 Å². The van der Waals surface area contributed by atoms with Gasteiger partial charge in [-0.15, -0.1) is 0 Å². The summed E-state index contributed by atoms with van der Waals surface area (Å²) in [5.41, 5.74) is 6.62. The van der Waals surface area contributed by atoms with Crippen LogP contribution in [0.2, 0.25) is 0 Å². The Hall–Kier alpha value is -7.24. The van der Waals surface area contributed by atoms with E-state index in [4.69, 9.17) is 9.47 Å². The number of nitrogens with one attached hydrogen (secondary N) is 5. The normalized spacial score (nSPS) is 18.5. The summed E-state index contributed by atoms with van der Waals surface area (Å²) < 4.78 is 11.1. The summed E-state index contributed by atoms with van der Waals surface area (Å²) in [6.45, 7) is 2.66. The van der Waals surface area contributed by atoms with E-state index in [-0.39, 0.29) is 48.2 Å². The maximum Gasteiger partial charge on any atom is 0.414 e. The molecule has 62 heavy (non-hydrogen) atoms. The van der Waals surface area contributed by atoms with Gasteiger partial charge in [-0.25, -0.2) is 19.8 Å². The molecule has 1 heterocycles. The summed E-state index contributed by atoms with van der Waals surface area (Å²) in [5, 5.41) is 23.9. The molecule has 0 radical (unpaired) electrons. The van der Waals surface area contributed by atoms with E-state index in [1.165, 1.54) is 12.1 Å². The summed E-state index contributed by atoms with van der Waals surface area (Å²) in [6, 6.07) is 18.6. The van der Waals surface area contributed by atoms with Crippen LogP contribution < -0.4 is 36.5 Å². The van der Waals surface area contributed by atoms with Crippen molar-refractivity contribution in [2.45, 2.75) is 50.1 Å². The Kier molecular flexibility index (Phi) is 14.9. The van der Waals surface area contributed by atoms with Crippen LogP contribution in [0.15, 0.2) is 90.6 Å². The predicted molar refractivity (Wildman–Crippen MR) is 228 cm³/mol. The highest BCUT2D eigenvalue weighted by atomic mass is 16.6. The molecule has 0 spiro atoms. The molecule has 6 N–H and O–H groups in total. The van der Waals surface area contributed by atoms with Gasteiger partial charge in [-0.1, -0.05) is 73.3 Å². The van der Waals surface area contributed by atoms with E-state index in [9.17, 15) is 38.7 Å². The number of nitrogens with zero attached hydrogens (tertiary/aromatic N) is 3. The molecule has 1 fully saturated rings. The van der Waals surface area contributed by atoms with Crippen molar-refractivity contribution in [3.8, 4) is 11.1 Å². The van der Waals surface area contributed by atoms with Crippen LogP contribution in [0.3, 0.4) is 0 Å². The van der Waals surface area contributed by atoms with Crippen LogP contribution in [0, 0.1) is 11.8 Å². The molecule has 0 bridgehead atoms. The van der Waals surface area contributed by atoms with Crippen molar-refractivity contribution < 1.29 is 48.1 Å². The first-order chi connectivity index (χ1) is 30.0. The molecule has 3 aromatic rings. The Labute approximate surface area is 358 Å². The van der Waals surface area contributed by atoms with E-state index >= 15 is 0 Å². The average molecular weight is 851 g/mol. The van der Waals surface area contributed by atoms with Crippen LogP contribution in [0.4, 0.5) is 25.8 Å². The molecule has 1 aliphatic heterocycles. The molecule has 0 aromatic heterocycles. The molecule has 326 valence electrons. The van der Waals surface area contributed by atoms with Gasteiger partial charge in [-0.05, 0) is 66.0 Å². The minimum absolute atomic E-state index is 0.00905. The lowest BCUT2D eigenvalue weighted by Crippen LogP contribution is -2.55. The SMILES string of the molecule is C=CCOC(=O)N1C[C@H](NC(=O)OCC2c3ccccc3-c3ccccc32)C(=O)N(CC(=O)N[C@H](/C=N/NC(=O)NCC2CCC(C(=O)NC)CC2)CC(=O)O)c2ccccc21. The summed E-state index contributed by atoms with van der Waals surface area (Å²) in [4.78, 5) is 93.4. The lowest BCUT2D eigenvalue weighted by molar-refractivity contribution is -0.137. The number of rotatable bonds is 15. The first kappa shape index (κ1) is 44.3. The smallest absolute Gasteiger partial charge is 0.414 e. The number of urea groups is 1. The minimum atomic E-state index is -1.44. The number of benzene rings is 3. The summed E-state index contributed by atoms with van der Waals surface area (Å²) >= 11 is 0. The second-order valence-electron chi connectivity index (χ2n) is 15.1. The van der Waals surface area contributed by atoms with Gasteiger partial charge < -0.3 is 35.8 Å². The molecule has 7 amide bonds. The number of carboxylic acids is 1. The van der Waals surface area contributed by atoms with Gasteiger partial charge in [0, 0.05) is 31.6 Å². The van der Waals surface area contributed by atoms with Gasteiger partial charge in [0.1, 0.15) is 25.8 Å². The van der Waals surface area contributed by atoms with E-state index < -0.39 is 67.6 Å². The molecule has 3 aromatic carbocycles. The van der Waals surface area contributed by atoms with Crippen molar-refractivity contribution in [2.75, 3.05) is 49.7 Å². The maximum absolute atomic E-state index is 14.4. The Bertz CT molecular complexity index is 2160. The Morgan fingerprint density at radius 1 is 0.903 bits per heavy atom. The topological polar surface area (TPSA) is 237 Å². The van der Waals surface area contributed by atoms with Crippen molar-refractivity contribution in [3.63, 3.8) is 0 Å². The molecule has 0 saturated heterocycles. The monoisotopic (exact) mass is 850 g/mol. The summed E-state index contributed by atoms with van der Waals surface area (Å²) in [5.74, 6) is -3.00. The second-order valence-corrected chi connectivity index (χ2v) is 15.1. The number of hydrogen-bond donors (Lipinski definition) is 6. The van der Waals surface area contributed by atoms with Crippen molar-refractivity contribution in [3.05, 3.63) is 96.6 Å². The zero-order chi connectivity index (χ0) is 44.2. The molecular weight excluding hydrogens is 801 g/mol. The fourth-order valence-electron chi connectivity index (χ4n) is 8.04. The number of para-hydroxylation sites is 2. The van der Waals surface area contributed by atoms with Crippen LogP contribution >= 0.6 is 0 Å². The quantitative estimate of drug-likeness (QED) is 0.0734. The lowest BCUT2D eigenvalue weighted by atomic mass is 9.81. The Morgan fingerprint density at radius 2 is 1.55 bits per heavy atom. The average Bonchev–Trinajstić information content (AvgIpc) is 3.54. The molecule has 6 rings (SSSR count). The Balaban J connectivity index is 1.13. The number of ether oxygens (including phenoxy) is 2.